The van der Waals surface area contributed by atoms with Gasteiger partial charge in [-0.3, -0.25) is 4.79 Å². The smallest absolute Gasteiger partial charge is 0.316 e. The Labute approximate surface area is 84.8 Å². The highest BCUT2D eigenvalue weighted by atomic mass is 16.5. The van der Waals surface area contributed by atoms with Crippen LogP contribution in [0.2, 0.25) is 0 Å². The van der Waals surface area contributed by atoms with Crippen LogP contribution in [0.15, 0.2) is 11.8 Å². The van der Waals surface area contributed by atoms with Gasteiger partial charge in [-0.1, -0.05) is 20.8 Å². The SMILES string of the molecule is CCC(C)C1=CC(O)C(CC)C(=O)O1. The minimum absolute atomic E-state index is 0.200. The Kier molecular flexibility index (Phi) is 3.69. The van der Waals surface area contributed by atoms with E-state index >= 15 is 0 Å². The molecule has 0 amide bonds. The van der Waals surface area contributed by atoms with Gasteiger partial charge in [0, 0.05) is 5.92 Å². The van der Waals surface area contributed by atoms with Crippen molar-refractivity contribution in [2.45, 2.75) is 39.7 Å². The average Bonchev–Trinajstić information content (AvgIpc) is 2.16. The standard InChI is InChI=1S/C11H18O3/c1-4-7(3)10-6-9(12)8(5-2)11(13)14-10/h6-9,12H,4-5H2,1-3H3. The lowest BCUT2D eigenvalue weighted by molar-refractivity contribution is -0.150. The van der Waals surface area contributed by atoms with Crippen LogP contribution in [-0.2, 0) is 9.53 Å². The second-order valence-electron chi connectivity index (χ2n) is 3.80. The average molecular weight is 198 g/mol. The van der Waals surface area contributed by atoms with Crippen LogP contribution in [0.25, 0.3) is 0 Å². The van der Waals surface area contributed by atoms with Gasteiger partial charge >= 0.3 is 5.97 Å². The maximum atomic E-state index is 11.4. The first-order valence-corrected chi connectivity index (χ1v) is 5.21. The van der Waals surface area contributed by atoms with Crippen molar-refractivity contribution < 1.29 is 14.6 Å². The first kappa shape index (κ1) is 11.2. The molecule has 3 nitrogen and oxygen atoms in total. The maximum absolute atomic E-state index is 11.4. The van der Waals surface area contributed by atoms with Gasteiger partial charge in [-0.05, 0) is 18.9 Å². The predicted molar refractivity (Wildman–Crippen MR) is 53.4 cm³/mol. The minimum atomic E-state index is -0.676. The molecule has 80 valence electrons. The summed E-state index contributed by atoms with van der Waals surface area (Å²) in [5, 5.41) is 9.68. The van der Waals surface area contributed by atoms with Crippen LogP contribution in [0, 0.1) is 11.8 Å². The molecule has 0 aromatic rings. The molecule has 0 saturated carbocycles. The van der Waals surface area contributed by atoms with Gasteiger partial charge in [0.2, 0.25) is 0 Å². The largest absolute Gasteiger partial charge is 0.431 e. The highest BCUT2D eigenvalue weighted by molar-refractivity contribution is 5.75. The molecule has 0 fully saturated rings. The Balaban J connectivity index is 2.79. The fourth-order valence-corrected chi connectivity index (χ4v) is 1.52. The Morgan fingerprint density at radius 3 is 2.64 bits per heavy atom. The van der Waals surface area contributed by atoms with Gasteiger partial charge in [0.1, 0.15) is 5.76 Å². The number of hydrogen-bond acceptors (Lipinski definition) is 3. The van der Waals surface area contributed by atoms with E-state index in [-0.39, 0.29) is 17.8 Å². The van der Waals surface area contributed by atoms with Gasteiger partial charge in [-0.25, -0.2) is 0 Å². The summed E-state index contributed by atoms with van der Waals surface area (Å²) in [7, 11) is 0. The van der Waals surface area contributed by atoms with Crippen molar-refractivity contribution in [1.82, 2.24) is 0 Å². The molecule has 3 heteroatoms. The van der Waals surface area contributed by atoms with Gasteiger partial charge in [-0.15, -0.1) is 0 Å². The van der Waals surface area contributed by atoms with Crippen LogP contribution >= 0.6 is 0 Å². The number of hydrogen-bond donors (Lipinski definition) is 1. The van der Waals surface area contributed by atoms with E-state index in [2.05, 4.69) is 0 Å². The number of rotatable bonds is 3. The van der Waals surface area contributed by atoms with E-state index in [0.717, 1.165) is 6.42 Å². The molecule has 14 heavy (non-hydrogen) atoms. The number of esters is 1. The molecular weight excluding hydrogens is 180 g/mol. The molecule has 0 radical (unpaired) electrons. The van der Waals surface area contributed by atoms with Crippen molar-refractivity contribution in [3.8, 4) is 0 Å². The van der Waals surface area contributed by atoms with Crippen molar-refractivity contribution in [2.24, 2.45) is 11.8 Å². The van der Waals surface area contributed by atoms with Crippen LogP contribution in [-0.4, -0.2) is 17.2 Å². The number of carbonyl (C=O) groups is 1. The molecule has 1 heterocycles. The second-order valence-corrected chi connectivity index (χ2v) is 3.80. The summed E-state index contributed by atoms with van der Waals surface area (Å²) >= 11 is 0. The lowest BCUT2D eigenvalue weighted by Crippen LogP contribution is -2.33. The third kappa shape index (κ3) is 2.15. The van der Waals surface area contributed by atoms with E-state index in [1.165, 1.54) is 0 Å². The van der Waals surface area contributed by atoms with E-state index in [1.807, 2.05) is 20.8 Å². The number of allylic oxidation sites excluding steroid dienone is 1. The lowest BCUT2D eigenvalue weighted by atomic mass is 9.94. The third-order valence-electron chi connectivity index (χ3n) is 2.81. The van der Waals surface area contributed by atoms with Crippen LogP contribution < -0.4 is 0 Å². The van der Waals surface area contributed by atoms with Crippen molar-refractivity contribution in [1.29, 1.82) is 0 Å². The Morgan fingerprint density at radius 2 is 2.21 bits per heavy atom. The number of aliphatic hydroxyl groups is 1. The molecule has 3 unspecified atom stereocenters. The van der Waals surface area contributed by atoms with Crippen LogP contribution in [0.5, 0.6) is 0 Å². The third-order valence-corrected chi connectivity index (χ3v) is 2.81. The summed E-state index contributed by atoms with van der Waals surface area (Å²) in [6.07, 6.45) is 2.52. The lowest BCUT2D eigenvalue weighted by Gasteiger charge is -2.26. The fraction of sp³-hybridized carbons (Fsp3) is 0.727. The number of aliphatic hydroxyl groups excluding tert-OH is 1. The Bertz CT molecular complexity index is 245. The number of carbonyl (C=O) groups excluding carboxylic acids is 1. The van der Waals surface area contributed by atoms with Gasteiger partial charge in [0.05, 0.1) is 12.0 Å². The van der Waals surface area contributed by atoms with Crippen molar-refractivity contribution in [2.75, 3.05) is 0 Å². The molecule has 0 spiro atoms. The zero-order chi connectivity index (χ0) is 10.7. The molecule has 1 rings (SSSR count). The van der Waals surface area contributed by atoms with Crippen molar-refractivity contribution >= 4 is 5.97 Å². The minimum Gasteiger partial charge on any atom is -0.431 e. The zero-order valence-electron chi connectivity index (χ0n) is 8.99. The van der Waals surface area contributed by atoms with Crippen molar-refractivity contribution in [3.05, 3.63) is 11.8 Å². The van der Waals surface area contributed by atoms with E-state index in [1.54, 1.807) is 6.08 Å². The second kappa shape index (κ2) is 4.60. The molecule has 0 aromatic heterocycles. The molecule has 0 bridgehead atoms. The van der Waals surface area contributed by atoms with E-state index in [4.69, 9.17) is 4.74 Å². The summed E-state index contributed by atoms with van der Waals surface area (Å²) in [6.45, 7) is 5.88. The van der Waals surface area contributed by atoms with Crippen molar-refractivity contribution in [3.63, 3.8) is 0 Å². The molecule has 1 N–H and O–H groups in total. The summed E-state index contributed by atoms with van der Waals surface area (Å²) in [6, 6.07) is 0. The molecule has 1 aliphatic heterocycles. The normalized spacial score (nSPS) is 29.4. The summed E-state index contributed by atoms with van der Waals surface area (Å²) in [4.78, 5) is 11.4. The summed E-state index contributed by atoms with van der Waals surface area (Å²) in [5.74, 6) is 0.140. The van der Waals surface area contributed by atoms with Gasteiger partial charge in [0.25, 0.3) is 0 Å². The molecule has 0 saturated heterocycles. The first-order valence-electron chi connectivity index (χ1n) is 5.21. The quantitative estimate of drug-likeness (QED) is 0.704. The Hall–Kier alpha value is -0.830. The first-order chi connectivity index (χ1) is 6.60. The maximum Gasteiger partial charge on any atom is 0.316 e. The van der Waals surface area contributed by atoms with Crippen LogP contribution in [0.4, 0.5) is 0 Å². The zero-order valence-corrected chi connectivity index (χ0v) is 8.99. The van der Waals surface area contributed by atoms with Gasteiger partial charge < -0.3 is 9.84 Å². The highest BCUT2D eigenvalue weighted by Gasteiger charge is 2.32. The summed E-state index contributed by atoms with van der Waals surface area (Å²) in [5.41, 5.74) is 0. The van der Waals surface area contributed by atoms with E-state index in [9.17, 15) is 9.90 Å². The highest BCUT2D eigenvalue weighted by Crippen LogP contribution is 2.26. The molecule has 1 aliphatic rings. The van der Waals surface area contributed by atoms with E-state index < -0.39 is 6.10 Å². The predicted octanol–water partition coefficient (Wildman–Crippen LogP) is 1.86. The Morgan fingerprint density at radius 1 is 1.57 bits per heavy atom. The van der Waals surface area contributed by atoms with Crippen LogP contribution in [0.3, 0.4) is 0 Å². The molecular formula is C11H18O3. The summed E-state index contributed by atoms with van der Waals surface area (Å²) < 4.78 is 5.18. The molecule has 0 aromatic carbocycles. The molecule has 3 atom stereocenters. The van der Waals surface area contributed by atoms with Crippen LogP contribution in [0.1, 0.15) is 33.6 Å². The fourth-order valence-electron chi connectivity index (χ4n) is 1.52. The van der Waals surface area contributed by atoms with Gasteiger partial charge in [-0.2, -0.15) is 0 Å². The van der Waals surface area contributed by atoms with Gasteiger partial charge in [0.15, 0.2) is 0 Å². The number of cyclic esters (lactones) is 1. The topological polar surface area (TPSA) is 46.5 Å². The van der Waals surface area contributed by atoms with E-state index in [0.29, 0.717) is 12.2 Å². The monoisotopic (exact) mass is 198 g/mol. The number of ether oxygens (including phenoxy) is 1. The molecule has 0 aliphatic carbocycles.